The van der Waals surface area contributed by atoms with Gasteiger partial charge >= 0.3 is 0 Å². The molecule has 0 unspecified atom stereocenters. The van der Waals surface area contributed by atoms with Crippen molar-refractivity contribution in [2.75, 3.05) is 13.1 Å². The summed E-state index contributed by atoms with van der Waals surface area (Å²) in [5, 5.41) is 0. The Labute approximate surface area is 95.6 Å². The van der Waals surface area contributed by atoms with Gasteiger partial charge < -0.3 is 0 Å². The summed E-state index contributed by atoms with van der Waals surface area (Å²) in [7, 11) is 0. The summed E-state index contributed by atoms with van der Waals surface area (Å²) in [5.41, 5.74) is 0.302. The third kappa shape index (κ3) is 2.94. The van der Waals surface area contributed by atoms with Crippen molar-refractivity contribution in [3.63, 3.8) is 0 Å². The summed E-state index contributed by atoms with van der Waals surface area (Å²) in [6.45, 7) is 18.7. The summed E-state index contributed by atoms with van der Waals surface area (Å²) in [6, 6.07) is 2.02. The largest absolute Gasteiger partial charge is 0.295 e. The van der Waals surface area contributed by atoms with Gasteiger partial charge in [-0.25, -0.2) is 0 Å². The quantitative estimate of drug-likeness (QED) is 0.659. The first-order chi connectivity index (χ1) is 6.73. The van der Waals surface area contributed by atoms with Crippen molar-refractivity contribution >= 4 is 0 Å². The normalized spacial score (nSPS) is 31.2. The molecule has 1 aliphatic rings. The Morgan fingerprint density at radius 2 is 1.53 bits per heavy atom. The van der Waals surface area contributed by atoms with Gasteiger partial charge in [-0.15, -0.1) is 0 Å². The molecule has 0 aliphatic carbocycles. The van der Waals surface area contributed by atoms with Gasteiger partial charge in [-0.3, -0.25) is 9.80 Å². The van der Waals surface area contributed by atoms with E-state index < -0.39 is 0 Å². The lowest BCUT2D eigenvalue weighted by Gasteiger charge is -2.51. The van der Waals surface area contributed by atoms with E-state index in [1.54, 1.807) is 0 Å². The van der Waals surface area contributed by atoms with E-state index in [2.05, 4.69) is 58.3 Å². The molecule has 1 saturated heterocycles. The van der Waals surface area contributed by atoms with E-state index in [4.69, 9.17) is 0 Å². The average molecular weight is 212 g/mol. The van der Waals surface area contributed by atoms with Crippen LogP contribution in [0.15, 0.2) is 0 Å². The molecular formula is C13H28N2. The Bertz CT molecular complexity index is 205. The maximum absolute atomic E-state index is 2.64. The molecule has 1 fully saturated rings. The van der Waals surface area contributed by atoms with E-state index in [-0.39, 0.29) is 0 Å². The molecule has 0 bridgehead atoms. The molecule has 1 heterocycles. The molecule has 0 aromatic carbocycles. The lowest BCUT2D eigenvalue weighted by molar-refractivity contribution is -0.0233. The minimum Gasteiger partial charge on any atom is -0.295 e. The van der Waals surface area contributed by atoms with E-state index >= 15 is 0 Å². The molecule has 0 amide bonds. The van der Waals surface area contributed by atoms with Crippen molar-refractivity contribution in [3.05, 3.63) is 0 Å². The van der Waals surface area contributed by atoms with E-state index in [1.165, 1.54) is 13.1 Å². The standard InChI is InChI=1S/C13H28N2/c1-10(2)14-8-12(4)15(9-11(14)3)13(5,6)7/h10-12H,8-9H2,1-7H3/t11-,12-/m0/s1. The van der Waals surface area contributed by atoms with Gasteiger partial charge in [0.15, 0.2) is 0 Å². The highest BCUT2D eigenvalue weighted by Gasteiger charge is 2.35. The minimum atomic E-state index is 0.302. The fraction of sp³-hybridized carbons (Fsp3) is 1.00. The number of hydrogen-bond donors (Lipinski definition) is 0. The number of rotatable bonds is 1. The van der Waals surface area contributed by atoms with Crippen LogP contribution in [-0.4, -0.2) is 46.6 Å². The molecule has 2 heteroatoms. The van der Waals surface area contributed by atoms with Crippen molar-refractivity contribution in [2.45, 2.75) is 72.1 Å². The van der Waals surface area contributed by atoms with Gasteiger partial charge in [0, 0.05) is 36.8 Å². The van der Waals surface area contributed by atoms with Crippen LogP contribution in [0.2, 0.25) is 0 Å². The first kappa shape index (κ1) is 13.0. The van der Waals surface area contributed by atoms with Crippen LogP contribution in [0.1, 0.15) is 48.5 Å². The number of piperazine rings is 1. The van der Waals surface area contributed by atoms with Gasteiger partial charge in [0.25, 0.3) is 0 Å². The third-order valence-corrected chi connectivity index (χ3v) is 3.56. The van der Waals surface area contributed by atoms with Crippen LogP contribution in [-0.2, 0) is 0 Å². The molecule has 0 N–H and O–H groups in total. The molecule has 2 atom stereocenters. The fourth-order valence-corrected chi connectivity index (χ4v) is 2.81. The topological polar surface area (TPSA) is 6.48 Å². The van der Waals surface area contributed by atoms with Gasteiger partial charge in [-0.05, 0) is 48.5 Å². The molecular weight excluding hydrogens is 184 g/mol. The average Bonchev–Trinajstić information content (AvgIpc) is 2.06. The summed E-state index contributed by atoms with van der Waals surface area (Å²) in [5.74, 6) is 0. The van der Waals surface area contributed by atoms with Crippen LogP contribution in [0.5, 0.6) is 0 Å². The molecule has 0 saturated carbocycles. The monoisotopic (exact) mass is 212 g/mol. The van der Waals surface area contributed by atoms with Gasteiger partial charge in [-0.1, -0.05) is 0 Å². The Morgan fingerprint density at radius 1 is 1.00 bits per heavy atom. The molecule has 90 valence electrons. The zero-order chi connectivity index (χ0) is 11.8. The van der Waals surface area contributed by atoms with Crippen LogP contribution < -0.4 is 0 Å². The van der Waals surface area contributed by atoms with Gasteiger partial charge in [0.1, 0.15) is 0 Å². The Kier molecular flexibility index (Phi) is 3.83. The minimum absolute atomic E-state index is 0.302. The van der Waals surface area contributed by atoms with E-state index in [1.807, 2.05) is 0 Å². The molecule has 2 nitrogen and oxygen atoms in total. The molecule has 1 rings (SSSR count). The van der Waals surface area contributed by atoms with E-state index in [0.29, 0.717) is 23.7 Å². The van der Waals surface area contributed by atoms with Crippen LogP contribution in [0.4, 0.5) is 0 Å². The summed E-state index contributed by atoms with van der Waals surface area (Å²) in [4.78, 5) is 5.25. The molecule has 0 spiro atoms. The van der Waals surface area contributed by atoms with Gasteiger partial charge in [-0.2, -0.15) is 0 Å². The Morgan fingerprint density at radius 3 is 1.93 bits per heavy atom. The van der Waals surface area contributed by atoms with Gasteiger partial charge in [0.2, 0.25) is 0 Å². The zero-order valence-corrected chi connectivity index (χ0v) is 11.5. The van der Waals surface area contributed by atoms with Crippen molar-refractivity contribution < 1.29 is 0 Å². The van der Waals surface area contributed by atoms with Crippen molar-refractivity contribution in [3.8, 4) is 0 Å². The smallest absolute Gasteiger partial charge is 0.0200 e. The van der Waals surface area contributed by atoms with E-state index in [0.717, 1.165) is 0 Å². The van der Waals surface area contributed by atoms with Crippen molar-refractivity contribution in [1.82, 2.24) is 9.80 Å². The predicted octanol–water partition coefficient (Wildman–Crippen LogP) is 2.59. The number of nitrogens with zero attached hydrogens (tertiary/aromatic N) is 2. The van der Waals surface area contributed by atoms with Gasteiger partial charge in [0.05, 0.1) is 0 Å². The second-order valence-electron chi connectivity index (χ2n) is 6.31. The first-order valence-corrected chi connectivity index (χ1v) is 6.26. The van der Waals surface area contributed by atoms with Crippen LogP contribution in [0.3, 0.4) is 0 Å². The highest BCUT2D eigenvalue weighted by molar-refractivity contribution is 4.91. The molecule has 0 aromatic rings. The maximum atomic E-state index is 2.64. The fourth-order valence-electron chi connectivity index (χ4n) is 2.81. The first-order valence-electron chi connectivity index (χ1n) is 6.26. The van der Waals surface area contributed by atoms with Crippen LogP contribution in [0, 0.1) is 0 Å². The Balaban J connectivity index is 2.71. The molecule has 15 heavy (non-hydrogen) atoms. The zero-order valence-electron chi connectivity index (χ0n) is 11.5. The third-order valence-electron chi connectivity index (χ3n) is 3.56. The highest BCUT2D eigenvalue weighted by atomic mass is 15.3. The summed E-state index contributed by atoms with van der Waals surface area (Å²) < 4.78 is 0. The van der Waals surface area contributed by atoms with Crippen LogP contribution >= 0.6 is 0 Å². The molecule has 0 radical (unpaired) electrons. The summed E-state index contributed by atoms with van der Waals surface area (Å²) in [6.07, 6.45) is 0. The Hall–Kier alpha value is -0.0800. The lowest BCUT2D eigenvalue weighted by atomic mass is 9.97. The second kappa shape index (κ2) is 4.42. The SMILES string of the molecule is CC(C)N1C[C@H](C)N(C(C)(C)C)C[C@@H]1C. The van der Waals surface area contributed by atoms with Crippen molar-refractivity contribution in [2.24, 2.45) is 0 Å². The predicted molar refractivity (Wildman–Crippen MR) is 67.2 cm³/mol. The lowest BCUT2D eigenvalue weighted by Crippen LogP contribution is -2.62. The van der Waals surface area contributed by atoms with Crippen LogP contribution in [0.25, 0.3) is 0 Å². The number of hydrogen-bond acceptors (Lipinski definition) is 2. The van der Waals surface area contributed by atoms with Crippen molar-refractivity contribution in [1.29, 1.82) is 0 Å². The highest BCUT2D eigenvalue weighted by Crippen LogP contribution is 2.24. The maximum Gasteiger partial charge on any atom is 0.0200 e. The van der Waals surface area contributed by atoms with E-state index in [9.17, 15) is 0 Å². The second-order valence-corrected chi connectivity index (χ2v) is 6.31. The summed E-state index contributed by atoms with van der Waals surface area (Å²) >= 11 is 0. The molecule has 1 aliphatic heterocycles. The molecule has 0 aromatic heterocycles.